The lowest BCUT2D eigenvalue weighted by Gasteiger charge is -2.30. The Morgan fingerprint density at radius 1 is 1.17 bits per heavy atom. The van der Waals surface area contributed by atoms with E-state index in [2.05, 4.69) is 5.32 Å². The summed E-state index contributed by atoms with van der Waals surface area (Å²) in [5.74, 6) is -0.0312. The van der Waals surface area contributed by atoms with Gasteiger partial charge in [0.2, 0.25) is 11.8 Å². The predicted octanol–water partition coefficient (Wildman–Crippen LogP) is 3.14. The highest BCUT2D eigenvalue weighted by Crippen LogP contribution is 2.17. The zero-order chi connectivity index (χ0) is 21.4. The third kappa shape index (κ3) is 6.57. The van der Waals surface area contributed by atoms with E-state index in [9.17, 15) is 14.0 Å². The van der Waals surface area contributed by atoms with Crippen molar-refractivity contribution in [1.82, 2.24) is 9.80 Å². The monoisotopic (exact) mass is 401 g/mol. The third-order valence-corrected chi connectivity index (χ3v) is 4.70. The topological polar surface area (TPSA) is 61.9 Å². The molecular weight excluding hydrogens is 373 g/mol. The molecule has 0 fully saturated rings. The number of anilines is 1. The van der Waals surface area contributed by atoms with Crippen molar-refractivity contribution in [3.8, 4) is 5.75 Å². The molecule has 0 spiro atoms. The summed E-state index contributed by atoms with van der Waals surface area (Å²) >= 11 is 0. The highest BCUT2D eigenvalue weighted by molar-refractivity contribution is 5.93. The number of carbonyl (C=O) groups is 2. The van der Waals surface area contributed by atoms with Crippen LogP contribution >= 0.6 is 0 Å². The van der Waals surface area contributed by atoms with Crippen LogP contribution < -0.4 is 10.1 Å². The summed E-state index contributed by atoms with van der Waals surface area (Å²) in [7, 11) is 3.24. The molecule has 0 aliphatic carbocycles. The standard InChI is InChI=1S/C22H28FN3O3/c1-5-26(15-21(27)24-19-10-7-11-20(13-19)29-4)16(2)22(28)25(3)14-17-8-6-9-18(23)12-17/h6-13,16H,5,14-15H2,1-4H3,(H,24,27). The second-order valence-corrected chi connectivity index (χ2v) is 6.84. The number of halogens is 1. The number of amides is 2. The van der Waals surface area contributed by atoms with Crippen LogP contribution in [0.5, 0.6) is 5.75 Å². The van der Waals surface area contributed by atoms with Gasteiger partial charge in [0.15, 0.2) is 0 Å². The number of rotatable bonds is 9. The summed E-state index contributed by atoms with van der Waals surface area (Å²) in [4.78, 5) is 28.6. The second-order valence-electron chi connectivity index (χ2n) is 6.84. The molecule has 7 heteroatoms. The van der Waals surface area contributed by atoms with Crippen molar-refractivity contribution in [2.45, 2.75) is 26.4 Å². The van der Waals surface area contributed by atoms with Crippen LogP contribution in [0.4, 0.5) is 10.1 Å². The third-order valence-electron chi connectivity index (χ3n) is 4.70. The Hall–Kier alpha value is -2.93. The van der Waals surface area contributed by atoms with E-state index < -0.39 is 6.04 Å². The Balaban J connectivity index is 1.96. The summed E-state index contributed by atoms with van der Waals surface area (Å²) in [6.45, 7) is 4.58. The molecule has 2 rings (SSSR count). The molecular formula is C22H28FN3O3. The molecule has 0 aliphatic heterocycles. The van der Waals surface area contributed by atoms with Crippen LogP contribution in [0.25, 0.3) is 0 Å². The van der Waals surface area contributed by atoms with Crippen molar-refractivity contribution < 1.29 is 18.7 Å². The van der Waals surface area contributed by atoms with E-state index in [0.29, 0.717) is 30.1 Å². The molecule has 0 radical (unpaired) electrons. The molecule has 2 amide bonds. The predicted molar refractivity (Wildman–Crippen MR) is 111 cm³/mol. The smallest absolute Gasteiger partial charge is 0.239 e. The molecule has 2 aromatic rings. The molecule has 0 bridgehead atoms. The number of hydrogen-bond donors (Lipinski definition) is 1. The summed E-state index contributed by atoms with van der Waals surface area (Å²) in [5.41, 5.74) is 1.35. The maximum Gasteiger partial charge on any atom is 0.239 e. The Morgan fingerprint density at radius 2 is 1.90 bits per heavy atom. The number of carbonyl (C=O) groups excluding carboxylic acids is 2. The number of hydrogen-bond acceptors (Lipinski definition) is 4. The van der Waals surface area contributed by atoms with E-state index in [1.165, 1.54) is 12.1 Å². The zero-order valence-electron chi connectivity index (χ0n) is 17.3. The van der Waals surface area contributed by atoms with Gasteiger partial charge in [-0.25, -0.2) is 4.39 Å². The first-order chi connectivity index (χ1) is 13.8. The van der Waals surface area contributed by atoms with Gasteiger partial charge >= 0.3 is 0 Å². The molecule has 1 atom stereocenters. The van der Waals surface area contributed by atoms with E-state index >= 15 is 0 Å². The normalized spacial score (nSPS) is 11.8. The number of methoxy groups -OCH3 is 1. The fraction of sp³-hybridized carbons (Fsp3) is 0.364. The molecule has 2 aromatic carbocycles. The first-order valence-electron chi connectivity index (χ1n) is 9.51. The highest BCUT2D eigenvalue weighted by Gasteiger charge is 2.25. The van der Waals surface area contributed by atoms with Crippen LogP contribution in [-0.4, -0.2) is 54.9 Å². The lowest BCUT2D eigenvalue weighted by molar-refractivity contribution is -0.136. The molecule has 0 saturated heterocycles. The average Bonchev–Trinajstić information content (AvgIpc) is 2.71. The minimum atomic E-state index is -0.491. The zero-order valence-corrected chi connectivity index (χ0v) is 17.3. The number of benzene rings is 2. The molecule has 1 unspecified atom stereocenters. The first kappa shape index (κ1) is 22.4. The summed E-state index contributed by atoms with van der Waals surface area (Å²) in [6.07, 6.45) is 0. The number of nitrogens with one attached hydrogen (secondary N) is 1. The Bertz CT molecular complexity index is 844. The van der Waals surface area contributed by atoms with Gasteiger partial charge in [0.25, 0.3) is 0 Å². The van der Waals surface area contributed by atoms with Gasteiger partial charge in [-0.2, -0.15) is 0 Å². The SMILES string of the molecule is CCN(CC(=O)Nc1cccc(OC)c1)C(C)C(=O)N(C)Cc1cccc(F)c1. The van der Waals surface area contributed by atoms with Crippen molar-refractivity contribution in [1.29, 1.82) is 0 Å². The van der Waals surface area contributed by atoms with Crippen molar-refractivity contribution in [2.24, 2.45) is 0 Å². The van der Waals surface area contributed by atoms with Gasteiger partial charge in [-0.05, 0) is 43.3 Å². The highest BCUT2D eigenvalue weighted by atomic mass is 19.1. The summed E-state index contributed by atoms with van der Waals surface area (Å²) < 4.78 is 18.5. The van der Waals surface area contributed by atoms with Crippen molar-refractivity contribution in [2.75, 3.05) is 32.6 Å². The van der Waals surface area contributed by atoms with E-state index in [0.717, 1.165) is 0 Å². The van der Waals surface area contributed by atoms with Gasteiger partial charge in [-0.15, -0.1) is 0 Å². The Kier molecular flexibility index (Phi) is 8.15. The molecule has 0 aliphatic rings. The lowest BCUT2D eigenvalue weighted by Crippen LogP contribution is -2.48. The molecule has 6 nitrogen and oxygen atoms in total. The van der Waals surface area contributed by atoms with Gasteiger partial charge in [-0.3, -0.25) is 14.5 Å². The fourth-order valence-corrected chi connectivity index (χ4v) is 3.07. The quantitative estimate of drug-likeness (QED) is 0.701. The molecule has 156 valence electrons. The second kappa shape index (κ2) is 10.6. The minimum absolute atomic E-state index is 0.0778. The minimum Gasteiger partial charge on any atom is -0.497 e. The van der Waals surface area contributed by atoms with E-state index in [4.69, 9.17) is 4.74 Å². The molecule has 29 heavy (non-hydrogen) atoms. The number of nitrogens with zero attached hydrogens (tertiary/aromatic N) is 2. The fourth-order valence-electron chi connectivity index (χ4n) is 3.07. The van der Waals surface area contributed by atoms with Crippen molar-refractivity contribution in [3.63, 3.8) is 0 Å². The van der Waals surface area contributed by atoms with Crippen LogP contribution in [0.15, 0.2) is 48.5 Å². The van der Waals surface area contributed by atoms with Gasteiger partial charge < -0.3 is 15.0 Å². The van der Waals surface area contributed by atoms with Gasteiger partial charge in [-0.1, -0.05) is 25.1 Å². The lowest BCUT2D eigenvalue weighted by atomic mass is 10.2. The van der Waals surface area contributed by atoms with Crippen LogP contribution in [0.1, 0.15) is 19.4 Å². The van der Waals surface area contributed by atoms with Crippen molar-refractivity contribution >= 4 is 17.5 Å². The van der Waals surface area contributed by atoms with Crippen LogP contribution in [0, 0.1) is 5.82 Å². The van der Waals surface area contributed by atoms with E-state index in [1.807, 2.05) is 6.92 Å². The van der Waals surface area contributed by atoms with Crippen LogP contribution in [0.2, 0.25) is 0 Å². The number of ether oxygens (including phenoxy) is 1. The van der Waals surface area contributed by atoms with E-state index in [1.54, 1.807) is 67.3 Å². The average molecular weight is 401 g/mol. The summed E-state index contributed by atoms with van der Waals surface area (Å²) in [6, 6.07) is 12.8. The Morgan fingerprint density at radius 3 is 2.55 bits per heavy atom. The maximum absolute atomic E-state index is 13.4. The molecule has 1 N–H and O–H groups in total. The molecule has 0 aromatic heterocycles. The largest absolute Gasteiger partial charge is 0.497 e. The van der Waals surface area contributed by atoms with Crippen LogP contribution in [-0.2, 0) is 16.1 Å². The van der Waals surface area contributed by atoms with Gasteiger partial charge in [0.1, 0.15) is 11.6 Å². The van der Waals surface area contributed by atoms with Gasteiger partial charge in [0.05, 0.1) is 19.7 Å². The first-order valence-corrected chi connectivity index (χ1v) is 9.51. The van der Waals surface area contributed by atoms with Gasteiger partial charge in [0, 0.05) is 25.3 Å². The van der Waals surface area contributed by atoms with E-state index in [-0.39, 0.29) is 24.2 Å². The molecule has 0 saturated carbocycles. The molecule has 0 heterocycles. The maximum atomic E-state index is 13.4. The van der Waals surface area contributed by atoms with Crippen LogP contribution in [0.3, 0.4) is 0 Å². The summed E-state index contributed by atoms with van der Waals surface area (Å²) in [5, 5.41) is 2.82. The Labute approximate surface area is 171 Å². The number of likely N-dealkylation sites (N-methyl/N-ethyl adjacent to an activating group) is 2. The van der Waals surface area contributed by atoms with Crippen molar-refractivity contribution in [3.05, 3.63) is 59.9 Å².